The highest BCUT2D eigenvalue weighted by atomic mass is 35.5. The van der Waals surface area contributed by atoms with Gasteiger partial charge in [-0.2, -0.15) is 0 Å². The zero-order chi connectivity index (χ0) is 15.5. The zero-order valence-electron chi connectivity index (χ0n) is 13.1. The number of aliphatic hydroxyl groups is 1. The molecule has 5 heteroatoms. The molecule has 21 heavy (non-hydrogen) atoms. The lowest BCUT2D eigenvalue weighted by atomic mass is 10.1. The van der Waals surface area contributed by atoms with Crippen LogP contribution in [-0.4, -0.2) is 45.1 Å². The van der Waals surface area contributed by atoms with E-state index >= 15 is 0 Å². The van der Waals surface area contributed by atoms with Crippen molar-refractivity contribution in [1.82, 2.24) is 5.32 Å². The van der Waals surface area contributed by atoms with Crippen molar-refractivity contribution in [2.75, 3.05) is 44.9 Å². The van der Waals surface area contributed by atoms with Crippen molar-refractivity contribution in [3.05, 3.63) is 28.8 Å². The van der Waals surface area contributed by atoms with Gasteiger partial charge in [0.05, 0.1) is 13.2 Å². The third-order valence-corrected chi connectivity index (χ3v) is 3.70. The van der Waals surface area contributed by atoms with Gasteiger partial charge in [-0.05, 0) is 24.1 Å². The molecule has 1 rings (SSSR count). The van der Waals surface area contributed by atoms with E-state index in [4.69, 9.17) is 16.3 Å². The number of benzene rings is 1. The van der Waals surface area contributed by atoms with Gasteiger partial charge in [-0.25, -0.2) is 0 Å². The summed E-state index contributed by atoms with van der Waals surface area (Å²) in [5, 5.41) is 13.2. The molecule has 0 heterocycles. The predicted molar refractivity (Wildman–Crippen MR) is 89.2 cm³/mol. The van der Waals surface area contributed by atoms with Crippen LogP contribution in [0.4, 0.5) is 5.69 Å². The van der Waals surface area contributed by atoms with Crippen molar-refractivity contribution < 1.29 is 9.84 Å². The summed E-state index contributed by atoms with van der Waals surface area (Å²) in [5.74, 6) is 0. The molecule has 0 unspecified atom stereocenters. The molecule has 0 aliphatic carbocycles. The van der Waals surface area contributed by atoms with E-state index < -0.39 is 0 Å². The summed E-state index contributed by atoms with van der Waals surface area (Å²) in [6, 6.07) is 6.11. The number of anilines is 1. The first kappa shape index (κ1) is 18.2. The third kappa shape index (κ3) is 6.66. The minimum atomic E-state index is 0.154. The number of aliphatic hydroxyl groups excluding tert-OH is 1. The number of rotatable bonds is 11. The fraction of sp³-hybridized carbons (Fsp3) is 0.625. The first-order valence-corrected chi connectivity index (χ1v) is 7.94. The number of nitrogens with one attached hydrogen (secondary N) is 1. The first-order chi connectivity index (χ1) is 10.2. The van der Waals surface area contributed by atoms with E-state index in [0.717, 1.165) is 48.7 Å². The molecule has 0 aromatic heterocycles. The number of halogens is 1. The van der Waals surface area contributed by atoms with Gasteiger partial charge in [-0.3, -0.25) is 0 Å². The van der Waals surface area contributed by atoms with E-state index in [-0.39, 0.29) is 6.61 Å². The average Bonchev–Trinajstić information content (AvgIpc) is 2.49. The van der Waals surface area contributed by atoms with Crippen molar-refractivity contribution >= 4 is 17.3 Å². The summed E-state index contributed by atoms with van der Waals surface area (Å²) in [5.41, 5.74) is 2.15. The fourth-order valence-electron chi connectivity index (χ4n) is 2.11. The Bertz CT molecular complexity index is 402. The lowest BCUT2D eigenvalue weighted by molar-refractivity contribution is 0.199. The van der Waals surface area contributed by atoms with E-state index in [1.54, 1.807) is 7.11 Å². The lowest BCUT2D eigenvalue weighted by Crippen LogP contribution is -2.27. The van der Waals surface area contributed by atoms with E-state index in [9.17, 15) is 5.11 Å². The SMILES string of the molecule is CCCCN(CCO)c1ccc(CNCCOC)c(Cl)c1. The number of nitrogens with zero attached hydrogens (tertiary/aromatic N) is 1. The van der Waals surface area contributed by atoms with Crippen molar-refractivity contribution in [3.8, 4) is 0 Å². The summed E-state index contributed by atoms with van der Waals surface area (Å²) < 4.78 is 5.00. The monoisotopic (exact) mass is 314 g/mol. The summed E-state index contributed by atoms with van der Waals surface area (Å²) in [6.07, 6.45) is 2.25. The lowest BCUT2D eigenvalue weighted by Gasteiger charge is -2.24. The van der Waals surface area contributed by atoms with Crippen LogP contribution in [0.15, 0.2) is 18.2 Å². The van der Waals surface area contributed by atoms with E-state index in [1.807, 2.05) is 12.1 Å². The maximum Gasteiger partial charge on any atom is 0.0606 e. The minimum absolute atomic E-state index is 0.154. The Morgan fingerprint density at radius 2 is 2.14 bits per heavy atom. The Labute approximate surface area is 133 Å². The molecule has 0 bridgehead atoms. The standard InChI is InChI=1S/C16H27ClN2O2/c1-3-4-8-19(9-10-20)15-6-5-14(16(17)12-15)13-18-7-11-21-2/h5-6,12,18,20H,3-4,7-11,13H2,1-2H3. The minimum Gasteiger partial charge on any atom is -0.395 e. The van der Waals surface area contributed by atoms with Crippen LogP contribution in [0, 0.1) is 0 Å². The number of methoxy groups -OCH3 is 1. The molecular formula is C16H27ClN2O2. The van der Waals surface area contributed by atoms with Gasteiger partial charge in [0, 0.05) is 44.0 Å². The van der Waals surface area contributed by atoms with Crippen LogP contribution in [0.3, 0.4) is 0 Å². The van der Waals surface area contributed by atoms with Gasteiger partial charge in [0.25, 0.3) is 0 Å². The molecular weight excluding hydrogens is 288 g/mol. The molecule has 1 aromatic carbocycles. The molecule has 0 radical (unpaired) electrons. The predicted octanol–water partition coefficient (Wildman–Crippen LogP) is 2.67. The molecule has 1 aromatic rings. The zero-order valence-corrected chi connectivity index (χ0v) is 13.8. The Morgan fingerprint density at radius 3 is 2.76 bits per heavy atom. The Hall–Kier alpha value is -0.810. The van der Waals surface area contributed by atoms with Crippen LogP contribution in [0.1, 0.15) is 25.3 Å². The Morgan fingerprint density at radius 1 is 1.33 bits per heavy atom. The maximum absolute atomic E-state index is 9.19. The highest BCUT2D eigenvalue weighted by Gasteiger charge is 2.08. The number of unbranched alkanes of at least 4 members (excludes halogenated alkanes) is 1. The summed E-state index contributed by atoms with van der Waals surface area (Å²) in [6.45, 7) is 6.14. The number of hydrogen-bond acceptors (Lipinski definition) is 4. The largest absolute Gasteiger partial charge is 0.395 e. The Balaban J connectivity index is 2.65. The molecule has 0 spiro atoms. The third-order valence-electron chi connectivity index (χ3n) is 3.35. The molecule has 0 saturated carbocycles. The van der Waals surface area contributed by atoms with Gasteiger partial charge < -0.3 is 20.1 Å². The first-order valence-electron chi connectivity index (χ1n) is 7.56. The van der Waals surface area contributed by atoms with Crippen molar-refractivity contribution in [2.24, 2.45) is 0 Å². The molecule has 120 valence electrons. The molecule has 2 N–H and O–H groups in total. The summed E-state index contributed by atoms with van der Waals surface area (Å²) in [7, 11) is 1.69. The van der Waals surface area contributed by atoms with Gasteiger partial charge in [0.1, 0.15) is 0 Å². The van der Waals surface area contributed by atoms with E-state index in [0.29, 0.717) is 13.2 Å². The van der Waals surface area contributed by atoms with E-state index in [1.165, 1.54) is 0 Å². The van der Waals surface area contributed by atoms with Crippen LogP contribution in [0.5, 0.6) is 0 Å². The van der Waals surface area contributed by atoms with Crippen molar-refractivity contribution in [3.63, 3.8) is 0 Å². The van der Waals surface area contributed by atoms with Crippen LogP contribution >= 0.6 is 11.6 Å². The molecule has 0 amide bonds. The molecule has 0 aliphatic heterocycles. The quantitative estimate of drug-likeness (QED) is 0.616. The fourth-order valence-corrected chi connectivity index (χ4v) is 2.35. The number of hydrogen-bond donors (Lipinski definition) is 2. The topological polar surface area (TPSA) is 44.7 Å². The van der Waals surface area contributed by atoms with Crippen molar-refractivity contribution in [2.45, 2.75) is 26.3 Å². The van der Waals surface area contributed by atoms with Gasteiger partial charge in [0.2, 0.25) is 0 Å². The summed E-state index contributed by atoms with van der Waals surface area (Å²) >= 11 is 6.36. The van der Waals surface area contributed by atoms with Crippen LogP contribution in [0.25, 0.3) is 0 Å². The van der Waals surface area contributed by atoms with Crippen LogP contribution in [-0.2, 0) is 11.3 Å². The maximum atomic E-state index is 9.19. The second-order valence-corrected chi connectivity index (χ2v) is 5.42. The Kier molecular flexibility index (Phi) is 9.42. The molecule has 0 saturated heterocycles. The van der Waals surface area contributed by atoms with Crippen LogP contribution in [0.2, 0.25) is 5.02 Å². The second kappa shape index (κ2) is 10.9. The molecule has 0 aliphatic rings. The smallest absolute Gasteiger partial charge is 0.0606 e. The van der Waals surface area contributed by atoms with Gasteiger partial charge in [-0.1, -0.05) is 31.0 Å². The van der Waals surface area contributed by atoms with Gasteiger partial charge in [0.15, 0.2) is 0 Å². The average molecular weight is 315 g/mol. The molecule has 0 atom stereocenters. The summed E-state index contributed by atoms with van der Waals surface area (Å²) in [4.78, 5) is 2.18. The van der Waals surface area contributed by atoms with Gasteiger partial charge >= 0.3 is 0 Å². The second-order valence-electron chi connectivity index (χ2n) is 5.01. The van der Waals surface area contributed by atoms with Gasteiger partial charge in [-0.15, -0.1) is 0 Å². The molecule has 0 fully saturated rings. The van der Waals surface area contributed by atoms with Crippen LogP contribution < -0.4 is 10.2 Å². The normalized spacial score (nSPS) is 10.9. The number of ether oxygens (including phenoxy) is 1. The highest BCUT2D eigenvalue weighted by molar-refractivity contribution is 6.31. The van der Waals surface area contributed by atoms with E-state index in [2.05, 4.69) is 23.2 Å². The molecule has 4 nitrogen and oxygen atoms in total. The van der Waals surface area contributed by atoms with Crippen molar-refractivity contribution in [1.29, 1.82) is 0 Å². The highest BCUT2D eigenvalue weighted by Crippen LogP contribution is 2.24.